The number of rotatable bonds is 5. The highest BCUT2D eigenvalue weighted by molar-refractivity contribution is 7.89. The third kappa shape index (κ3) is 3.61. The monoisotopic (exact) mass is 370 g/mol. The van der Waals surface area contributed by atoms with Crippen LogP contribution in [0.4, 0.5) is 0 Å². The Kier molecular flexibility index (Phi) is 4.93. The largest absolute Gasteiger partial charge is 0.459 e. The molecule has 0 bridgehead atoms. The lowest BCUT2D eigenvalue weighted by atomic mass is 10.0. The van der Waals surface area contributed by atoms with E-state index in [1.165, 1.54) is 0 Å². The molecule has 0 spiro atoms. The molecule has 1 aliphatic heterocycles. The van der Waals surface area contributed by atoms with Crippen molar-refractivity contribution in [3.05, 3.63) is 34.0 Å². The van der Waals surface area contributed by atoms with Crippen molar-refractivity contribution in [1.82, 2.24) is 9.62 Å². The predicted octanol–water partition coefficient (Wildman–Crippen LogP) is 3.15. The van der Waals surface area contributed by atoms with Gasteiger partial charge in [0.05, 0.1) is 12.3 Å². The number of nitrogens with zero attached hydrogens (tertiary/aromatic N) is 1. The molecule has 1 aromatic heterocycles. The van der Waals surface area contributed by atoms with Gasteiger partial charge in [-0.2, -0.15) is 0 Å². The summed E-state index contributed by atoms with van der Waals surface area (Å²) in [5.41, 5.74) is 2.90. The van der Waals surface area contributed by atoms with Crippen molar-refractivity contribution in [2.45, 2.75) is 33.4 Å². The van der Waals surface area contributed by atoms with E-state index in [-0.39, 0.29) is 18.2 Å². The second-order valence-corrected chi connectivity index (χ2v) is 9.15. The van der Waals surface area contributed by atoms with E-state index in [9.17, 15) is 8.42 Å². The normalized spacial score (nSPS) is 16.0. The van der Waals surface area contributed by atoms with Crippen molar-refractivity contribution in [2.75, 3.05) is 19.3 Å². The summed E-state index contributed by atoms with van der Waals surface area (Å²) in [7, 11) is -1.27. The molecular formula is C17H23ClN2O3S. The lowest BCUT2D eigenvalue weighted by Gasteiger charge is -2.14. The van der Waals surface area contributed by atoms with Crippen LogP contribution in [0.15, 0.2) is 16.5 Å². The Labute approximate surface area is 148 Å². The van der Waals surface area contributed by atoms with Gasteiger partial charge in [0.1, 0.15) is 11.3 Å². The molecule has 3 rings (SSSR count). The molecule has 1 aliphatic rings. The SMILES string of the molecule is CC(C)CS(=O)(=O)NCc1oc2ccc(Cl)c3c2c1CN(C)CC3. The highest BCUT2D eigenvalue weighted by atomic mass is 35.5. The third-order valence-corrected chi connectivity index (χ3v) is 6.31. The fourth-order valence-electron chi connectivity index (χ4n) is 3.23. The van der Waals surface area contributed by atoms with Crippen LogP contribution >= 0.6 is 11.6 Å². The molecule has 0 fully saturated rings. The number of hydrogen-bond donors (Lipinski definition) is 1. The first-order valence-electron chi connectivity index (χ1n) is 8.14. The summed E-state index contributed by atoms with van der Waals surface area (Å²) in [5, 5.41) is 1.79. The van der Waals surface area contributed by atoms with Crippen molar-refractivity contribution in [2.24, 2.45) is 5.92 Å². The fraction of sp³-hybridized carbons (Fsp3) is 0.529. The first-order valence-corrected chi connectivity index (χ1v) is 10.2. The summed E-state index contributed by atoms with van der Waals surface area (Å²) >= 11 is 6.37. The zero-order valence-electron chi connectivity index (χ0n) is 14.2. The highest BCUT2D eigenvalue weighted by Gasteiger charge is 2.24. The maximum absolute atomic E-state index is 12.1. The zero-order valence-corrected chi connectivity index (χ0v) is 15.8. The molecule has 1 aromatic carbocycles. The topological polar surface area (TPSA) is 62.6 Å². The molecule has 0 radical (unpaired) electrons. The second kappa shape index (κ2) is 6.67. The first-order chi connectivity index (χ1) is 11.3. The van der Waals surface area contributed by atoms with Crippen LogP contribution < -0.4 is 4.72 Å². The van der Waals surface area contributed by atoms with E-state index >= 15 is 0 Å². The van der Waals surface area contributed by atoms with Crippen molar-refractivity contribution in [1.29, 1.82) is 0 Å². The van der Waals surface area contributed by atoms with Crippen LogP contribution in [0, 0.1) is 5.92 Å². The average Bonchev–Trinajstić information content (AvgIpc) is 2.70. The highest BCUT2D eigenvalue weighted by Crippen LogP contribution is 2.36. The van der Waals surface area contributed by atoms with Crippen LogP contribution in [-0.2, 0) is 29.5 Å². The zero-order chi connectivity index (χ0) is 17.5. The van der Waals surface area contributed by atoms with E-state index in [1.807, 2.05) is 33.0 Å². The number of likely N-dealkylation sites (N-methyl/N-ethyl adjacent to an activating group) is 1. The lowest BCUT2D eigenvalue weighted by Crippen LogP contribution is -2.28. The van der Waals surface area contributed by atoms with Gasteiger partial charge in [-0.3, -0.25) is 0 Å². The Hall–Kier alpha value is -1.08. The van der Waals surface area contributed by atoms with Gasteiger partial charge < -0.3 is 9.32 Å². The van der Waals surface area contributed by atoms with Crippen LogP contribution in [-0.4, -0.2) is 32.7 Å². The molecule has 0 saturated carbocycles. The summed E-state index contributed by atoms with van der Waals surface area (Å²) in [5.74, 6) is 0.866. The Morgan fingerprint density at radius 2 is 2.08 bits per heavy atom. The fourth-order valence-corrected chi connectivity index (χ4v) is 4.83. The smallest absolute Gasteiger partial charge is 0.212 e. The molecule has 0 saturated heterocycles. The van der Waals surface area contributed by atoms with Crippen LogP contribution in [0.5, 0.6) is 0 Å². The molecule has 24 heavy (non-hydrogen) atoms. The maximum Gasteiger partial charge on any atom is 0.212 e. The number of nitrogens with one attached hydrogen (secondary N) is 1. The summed E-state index contributed by atoms with van der Waals surface area (Å²) in [6.07, 6.45) is 0.859. The van der Waals surface area contributed by atoms with Crippen LogP contribution in [0.1, 0.15) is 30.7 Å². The maximum atomic E-state index is 12.1. The first kappa shape index (κ1) is 17.7. The van der Waals surface area contributed by atoms with Gasteiger partial charge in [0.2, 0.25) is 10.0 Å². The van der Waals surface area contributed by atoms with Crippen LogP contribution in [0.25, 0.3) is 11.0 Å². The summed E-state index contributed by atoms with van der Waals surface area (Å²) < 4.78 is 32.8. The molecule has 0 aliphatic carbocycles. The Bertz CT molecular complexity index is 858. The van der Waals surface area contributed by atoms with Gasteiger partial charge in [0.25, 0.3) is 0 Å². The molecule has 132 valence electrons. The Balaban J connectivity index is 1.97. The molecule has 2 aromatic rings. The van der Waals surface area contributed by atoms with Crippen molar-refractivity contribution < 1.29 is 12.8 Å². The minimum Gasteiger partial charge on any atom is -0.459 e. The van der Waals surface area contributed by atoms with Crippen molar-refractivity contribution in [3.63, 3.8) is 0 Å². The summed E-state index contributed by atoms with van der Waals surface area (Å²) in [6.45, 7) is 5.58. The van der Waals surface area contributed by atoms with E-state index in [2.05, 4.69) is 9.62 Å². The quantitative estimate of drug-likeness (QED) is 0.878. The minimum absolute atomic E-state index is 0.0799. The molecule has 5 nitrogen and oxygen atoms in total. The standard InChI is InChI=1S/C17H23ClN2O3S/c1-11(2)10-24(21,22)19-8-16-13-9-20(3)7-6-12-14(18)4-5-15(23-16)17(12)13/h4-5,11,19H,6-10H2,1-3H3. The molecule has 7 heteroatoms. The van der Waals surface area contributed by atoms with E-state index in [1.54, 1.807) is 0 Å². The lowest BCUT2D eigenvalue weighted by molar-refractivity contribution is 0.332. The number of halogens is 1. The van der Waals surface area contributed by atoms with Crippen molar-refractivity contribution in [3.8, 4) is 0 Å². The van der Waals surface area contributed by atoms with Crippen LogP contribution in [0.2, 0.25) is 5.02 Å². The molecular weight excluding hydrogens is 348 g/mol. The van der Waals surface area contributed by atoms with Gasteiger partial charge >= 0.3 is 0 Å². The predicted molar refractivity (Wildman–Crippen MR) is 96.7 cm³/mol. The number of sulfonamides is 1. The third-order valence-electron chi connectivity index (χ3n) is 4.27. The Morgan fingerprint density at radius 3 is 2.79 bits per heavy atom. The minimum atomic E-state index is -3.31. The molecule has 1 N–H and O–H groups in total. The van der Waals surface area contributed by atoms with Crippen LogP contribution in [0.3, 0.4) is 0 Å². The van der Waals surface area contributed by atoms with Crippen molar-refractivity contribution >= 4 is 32.6 Å². The summed E-state index contributed by atoms with van der Waals surface area (Å²) in [4.78, 5) is 2.20. The average molecular weight is 371 g/mol. The van der Waals surface area contributed by atoms with Gasteiger partial charge in [-0.1, -0.05) is 25.4 Å². The molecule has 0 atom stereocenters. The second-order valence-electron chi connectivity index (χ2n) is 6.89. The summed E-state index contributed by atoms with van der Waals surface area (Å²) in [6, 6.07) is 3.71. The van der Waals surface area contributed by atoms with Gasteiger partial charge in [-0.25, -0.2) is 13.1 Å². The molecule has 2 heterocycles. The van der Waals surface area contributed by atoms with Gasteiger partial charge in [0, 0.05) is 29.1 Å². The van der Waals surface area contributed by atoms with Gasteiger partial charge in [-0.15, -0.1) is 0 Å². The van der Waals surface area contributed by atoms with E-state index in [0.717, 1.165) is 46.6 Å². The molecule has 0 amide bonds. The van der Waals surface area contributed by atoms with Gasteiger partial charge in [0.15, 0.2) is 0 Å². The van der Waals surface area contributed by atoms with Gasteiger partial charge in [-0.05, 0) is 37.1 Å². The number of hydrogen-bond acceptors (Lipinski definition) is 4. The molecule has 0 unspecified atom stereocenters. The number of benzene rings is 1. The van der Waals surface area contributed by atoms with E-state index in [4.69, 9.17) is 16.0 Å². The van der Waals surface area contributed by atoms with E-state index in [0.29, 0.717) is 5.76 Å². The Morgan fingerprint density at radius 1 is 1.33 bits per heavy atom. The number of furan rings is 1. The van der Waals surface area contributed by atoms with E-state index < -0.39 is 10.0 Å².